The van der Waals surface area contributed by atoms with Gasteiger partial charge < -0.3 is 5.32 Å². The maximum atomic E-state index is 4.39. The lowest BCUT2D eigenvalue weighted by Gasteiger charge is -2.06. The molecule has 1 aromatic heterocycles. The fourth-order valence-electron chi connectivity index (χ4n) is 0.926. The van der Waals surface area contributed by atoms with E-state index in [4.69, 9.17) is 0 Å². The normalized spacial score (nSPS) is 10.3. The second-order valence-corrected chi connectivity index (χ2v) is 3.01. The summed E-state index contributed by atoms with van der Waals surface area (Å²) in [7, 11) is 0. The summed E-state index contributed by atoms with van der Waals surface area (Å²) in [6.45, 7) is 7.15. The van der Waals surface area contributed by atoms with Crippen molar-refractivity contribution in [2.45, 2.75) is 26.7 Å². The molecule has 0 amide bonds. The van der Waals surface area contributed by atoms with Crippen molar-refractivity contribution in [1.82, 2.24) is 9.97 Å². The molecule has 0 fully saturated rings. The van der Waals surface area contributed by atoms with Crippen LogP contribution in [0.2, 0.25) is 0 Å². The van der Waals surface area contributed by atoms with Gasteiger partial charge in [-0.3, -0.25) is 4.98 Å². The summed E-state index contributed by atoms with van der Waals surface area (Å²) >= 11 is 0. The van der Waals surface area contributed by atoms with Gasteiger partial charge in [-0.05, 0) is 12.8 Å². The van der Waals surface area contributed by atoms with Crippen LogP contribution in [0.3, 0.4) is 0 Å². The molecule has 66 valence electrons. The molecule has 12 heavy (non-hydrogen) atoms. The zero-order valence-corrected chi connectivity index (χ0v) is 7.83. The first kappa shape index (κ1) is 8.97. The van der Waals surface area contributed by atoms with E-state index in [1.165, 1.54) is 0 Å². The third kappa shape index (κ3) is 2.19. The second kappa shape index (κ2) is 4.04. The minimum absolute atomic E-state index is 0.441. The molecule has 0 unspecified atom stereocenters. The predicted molar refractivity (Wildman–Crippen MR) is 50.3 cm³/mol. The van der Waals surface area contributed by atoms with E-state index >= 15 is 0 Å². The van der Waals surface area contributed by atoms with Crippen molar-refractivity contribution in [2.75, 3.05) is 11.9 Å². The highest BCUT2D eigenvalue weighted by Crippen LogP contribution is 2.11. The Labute approximate surface area is 73.2 Å². The fraction of sp³-hybridized carbons (Fsp3) is 0.556. The Bertz CT molecular complexity index is 245. The topological polar surface area (TPSA) is 37.8 Å². The molecule has 0 saturated carbocycles. The fourth-order valence-corrected chi connectivity index (χ4v) is 0.926. The first-order valence-electron chi connectivity index (χ1n) is 4.29. The largest absolute Gasteiger partial charge is 0.369 e. The molecule has 0 radical (unpaired) electrons. The quantitative estimate of drug-likeness (QED) is 0.744. The van der Waals surface area contributed by atoms with Gasteiger partial charge in [0.15, 0.2) is 0 Å². The van der Waals surface area contributed by atoms with E-state index in [2.05, 4.69) is 29.1 Å². The zero-order valence-electron chi connectivity index (χ0n) is 7.83. The summed E-state index contributed by atoms with van der Waals surface area (Å²) < 4.78 is 0. The summed E-state index contributed by atoms with van der Waals surface area (Å²) in [5, 5.41) is 3.13. The molecule has 1 heterocycles. The van der Waals surface area contributed by atoms with Gasteiger partial charge in [0, 0.05) is 12.7 Å². The maximum absolute atomic E-state index is 4.39. The number of hydrogen-bond donors (Lipinski definition) is 1. The number of rotatable bonds is 3. The zero-order chi connectivity index (χ0) is 8.97. The van der Waals surface area contributed by atoms with Gasteiger partial charge >= 0.3 is 0 Å². The highest BCUT2D eigenvalue weighted by molar-refractivity contribution is 5.31. The molecule has 1 N–H and O–H groups in total. The van der Waals surface area contributed by atoms with Crippen LogP contribution in [-0.4, -0.2) is 16.5 Å². The maximum Gasteiger partial charge on any atom is 0.144 e. The van der Waals surface area contributed by atoms with Crippen LogP contribution in [0.4, 0.5) is 5.82 Å². The van der Waals surface area contributed by atoms with E-state index < -0.39 is 0 Å². The summed E-state index contributed by atoms with van der Waals surface area (Å²) in [5.74, 6) is 1.31. The van der Waals surface area contributed by atoms with Crippen LogP contribution in [-0.2, 0) is 0 Å². The molecule has 0 aliphatic carbocycles. The Hall–Kier alpha value is -1.12. The molecule has 0 aromatic carbocycles. The minimum Gasteiger partial charge on any atom is -0.369 e. The van der Waals surface area contributed by atoms with E-state index in [0.29, 0.717) is 5.92 Å². The lowest BCUT2D eigenvalue weighted by atomic mass is 10.1. The molecule has 0 saturated heterocycles. The van der Waals surface area contributed by atoms with E-state index in [-0.39, 0.29) is 0 Å². The van der Waals surface area contributed by atoms with Gasteiger partial charge in [-0.25, -0.2) is 4.98 Å². The molecule has 1 aromatic rings. The highest BCUT2D eigenvalue weighted by atomic mass is 15.0. The summed E-state index contributed by atoms with van der Waals surface area (Å²) in [6, 6.07) is 0. The van der Waals surface area contributed by atoms with E-state index in [1.807, 2.05) is 13.1 Å². The van der Waals surface area contributed by atoms with Crippen LogP contribution >= 0.6 is 0 Å². The Morgan fingerprint density at radius 1 is 1.42 bits per heavy atom. The average Bonchev–Trinajstić information content (AvgIpc) is 2.05. The van der Waals surface area contributed by atoms with Crippen molar-refractivity contribution in [3.8, 4) is 0 Å². The smallest absolute Gasteiger partial charge is 0.144 e. The number of nitrogens with zero attached hydrogens (tertiary/aromatic N) is 2. The first-order valence-corrected chi connectivity index (χ1v) is 4.29. The third-order valence-electron chi connectivity index (χ3n) is 1.60. The Morgan fingerprint density at radius 2 is 2.17 bits per heavy atom. The van der Waals surface area contributed by atoms with Gasteiger partial charge in [0.25, 0.3) is 0 Å². The van der Waals surface area contributed by atoms with Gasteiger partial charge in [0.2, 0.25) is 0 Å². The van der Waals surface area contributed by atoms with Crippen LogP contribution in [0.25, 0.3) is 0 Å². The predicted octanol–water partition coefficient (Wildman–Crippen LogP) is 2.03. The molecule has 1 rings (SSSR count). The summed E-state index contributed by atoms with van der Waals surface area (Å²) in [4.78, 5) is 8.49. The lowest BCUT2D eigenvalue weighted by molar-refractivity contribution is 0.812. The minimum atomic E-state index is 0.441. The Balaban J connectivity index is 2.81. The van der Waals surface area contributed by atoms with Crippen LogP contribution < -0.4 is 5.32 Å². The van der Waals surface area contributed by atoms with Gasteiger partial charge in [0.05, 0.1) is 11.9 Å². The Kier molecular flexibility index (Phi) is 3.02. The van der Waals surface area contributed by atoms with Crippen LogP contribution in [0.1, 0.15) is 32.4 Å². The monoisotopic (exact) mass is 165 g/mol. The van der Waals surface area contributed by atoms with Gasteiger partial charge in [-0.15, -0.1) is 0 Å². The van der Waals surface area contributed by atoms with Crippen molar-refractivity contribution in [1.29, 1.82) is 0 Å². The number of nitrogens with one attached hydrogen (secondary N) is 1. The molecule has 0 atom stereocenters. The molecule has 0 aliphatic rings. The first-order chi connectivity index (χ1) is 5.74. The van der Waals surface area contributed by atoms with Crippen molar-refractivity contribution < 1.29 is 0 Å². The van der Waals surface area contributed by atoms with Crippen molar-refractivity contribution >= 4 is 5.82 Å². The van der Waals surface area contributed by atoms with Crippen LogP contribution in [0.5, 0.6) is 0 Å². The number of aromatic nitrogens is 2. The van der Waals surface area contributed by atoms with Crippen molar-refractivity contribution in [3.63, 3.8) is 0 Å². The molecule has 0 spiro atoms. The SMILES string of the molecule is CCNc1cncc(C(C)C)n1. The van der Waals surface area contributed by atoms with Crippen molar-refractivity contribution in [2.24, 2.45) is 0 Å². The van der Waals surface area contributed by atoms with Gasteiger partial charge in [0.1, 0.15) is 5.82 Å². The van der Waals surface area contributed by atoms with E-state index in [9.17, 15) is 0 Å². The second-order valence-electron chi connectivity index (χ2n) is 3.01. The van der Waals surface area contributed by atoms with Gasteiger partial charge in [-0.2, -0.15) is 0 Å². The van der Waals surface area contributed by atoms with Crippen LogP contribution in [0, 0.1) is 0 Å². The van der Waals surface area contributed by atoms with Crippen molar-refractivity contribution in [3.05, 3.63) is 18.1 Å². The van der Waals surface area contributed by atoms with E-state index in [0.717, 1.165) is 18.1 Å². The molecule has 0 bridgehead atoms. The Morgan fingerprint density at radius 3 is 2.75 bits per heavy atom. The number of anilines is 1. The molecular weight excluding hydrogens is 150 g/mol. The molecular formula is C9H15N3. The van der Waals surface area contributed by atoms with E-state index in [1.54, 1.807) is 6.20 Å². The molecule has 3 heteroatoms. The summed E-state index contributed by atoms with van der Waals surface area (Å²) in [6.07, 6.45) is 3.56. The lowest BCUT2D eigenvalue weighted by Crippen LogP contribution is -2.02. The average molecular weight is 165 g/mol. The molecule has 0 aliphatic heterocycles. The molecule has 3 nitrogen and oxygen atoms in total. The standard InChI is InChI=1S/C9H15N3/c1-4-11-9-6-10-5-8(12-9)7(2)3/h5-7H,4H2,1-3H3,(H,11,12). The van der Waals surface area contributed by atoms with Crippen LogP contribution in [0.15, 0.2) is 12.4 Å². The third-order valence-corrected chi connectivity index (χ3v) is 1.60. The van der Waals surface area contributed by atoms with Gasteiger partial charge in [-0.1, -0.05) is 13.8 Å². The highest BCUT2D eigenvalue weighted by Gasteiger charge is 2.01. The number of hydrogen-bond acceptors (Lipinski definition) is 3. The summed E-state index contributed by atoms with van der Waals surface area (Å²) in [5.41, 5.74) is 1.04.